The van der Waals surface area contributed by atoms with Crippen molar-refractivity contribution in [2.75, 3.05) is 14.2 Å². The molecule has 3 heterocycles. The molecule has 0 amide bonds. The van der Waals surface area contributed by atoms with Gasteiger partial charge in [0.05, 0.1) is 19.8 Å². The SMILES string of the molecule is COc1ccc(C2c3ccc(O)cc3Oc3ncn4nc(COc5ccccc5C)nc4c32)cc1OC. The van der Waals surface area contributed by atoms with E-state index in [2.05, 4.69) is 10.1 Å². The summed E-state index contributed by atoms with van der Waals surface area (Å²) in [6, 6.07) is 18.6. The highest BCUT2D eigenvalue weighted by molar-refractivity contribution is 5.67. The maximum Gasteiger partial charge on any atom is 0.228 e. The first-order valence-corrected chi connectivity index (χ1v) is 11.7. The normalized spacial score (nSPS) is 14.0. The smallest absolute Gasteiger partial charge is 0.228 e. The highest BCUT2D eigenvalue weighted by atomic mass is 16.5. The van der Waals surface area contributed by atoms with Gasteiger partial charge in [-0.3, -0.25) is 0 Å². The Balaban J connectivity index is 1.48. The van der Waals surface area contributed by atoms with Gasteiger partial charge in [-0.2, -0.15) is 0 Å². The van der Waals surface area contributed by atoms with Crippen LogP contribution in [0.1, 0.15) is 34.0 Å². The second-order valence-electron chi connectivity index (χ2n) is 8.69. The number of benzene rings is 3. The van der Waals surface area contributed by atoms with E-state index in [4.69, 9.17) is 23.9 Å². The fourth-order valence-corrected chi connectivity index (χ4v) is 4.65. The van der Waals surface area contributed by atoms with Crippen LogP contribution >= 0.6 is 0 Å². The van der Waals surface area contributed by atoms with Crippen molar-refractivity contribution in [2.45, 2.75) is 19.4 Å². The standard InChI is InChI=1S/C28H24N4O5/c1-16-6-4-5-7-20(16)36-14-24-30-27-26-25(17-8-11-21(34-2)23(12-17)35-3)19-10-9-18(33)13-22(19)37-28(26)29-15-32(27)31-24/h4-13,15,25,33H,14H2,1-3H3. The molecule has 186 valence electrons. The van der Waals surface area contributed by atoms with E-state index in [0.29, 0.717) is 34.6 Å². The molecule has 0 aliphatic carbocycles. The third kappa shape index (κ3) is 3.94. The molecule has 1 unspecified atom stereocenters. The Bertz CT molecular complexity index is 1630. The molecule has 5 aromatic rings. The number of hydrogen-bond donors (Lipinski definition) is 1. The van der Waals surface area contributed by atoms with Gasteiger partial charge in [0, 0.05) is 17.5 Å². The fraction of sp³-hybridized carbons (Fsp3) is 0.179. The Morgan fingerprint density at radius 2 is 1.81 bits per heavy atom. The highest BCUT2D eigenvalue weighted by Crippen LogP contribution is 2.49. The zero-order valence-electron chi connectivity index (χ0n) is 20.5. The van der Waals surface area contributed by atoms with Crippen LogP contribution in [0, 0.1) is 6.92 Å². The van der Waals surface area contributed by atoms with E-state index < -0.39 is 0 Å². The minimum absolute atomic E-state index is 0.104. The van der Waals surface area contributed by atoms with Gasteiger partial charge in [0.25, 0.3) is 0 Å². The molecule has 0 spiro atoms. The van der Waals surface area contributed by atoms with Gasteiger partial charge in [-0.05, 0) is 42.3 Å². The zero-order chi connectivity index (χ0) is 25.5. The maximum atomic E-state index is 10.1. The van der Waals surface area contributed by atoms with Gasteiger partial charge in [-0.15, -0.1) is 5.10 Å². The quantitative estimate of drug-likeness (QED) is 0.343. The van der Waals surface area contributed by atoms with Crippen molar-refractivity contribution in [1.29, 1.82) is 0 Å². The van der Waals surface area contributed by atoms with Crippen LogP contribution in [0.3, 0.4) is 0 Å². The molecular formula is C28H24N4O5. The summed E-state index contributed by atoms with van der Waals surface area (Å²) in [5.74, 6) is 3.22. The number of phenols is 1. The van der Waals surface area contributed by atoms with Gasteiger partial charge >= 0.3 is 0 Å². The molecule has 0 saturated carbocycles. The van der Waals surface area contributed by atoms with E-state index >= 15 is 0 Å². The predicted octanol–water partition coefficient (Wildman–Crippen LogP) is 5.02. The van der Waals surface area contributed by atoms with E-state index in [0.717, 1.165) is 28.0 Å². The second kappa shape index (κ2) is 9.02. The van der Waals surface area contributed by atoms with E-state index in [1.165, 1.54) is 0 Å². The molecule has 0 saturated heterocycles. The summed E-state index contributed by atoms with van der Waals surface area (Å²) in [5.41, 5.74) is 4.17. The molecule has 37 heavy (non-hydrogen) atoms. The Kier molecular flexibility index (Phi) is 5.52. The van der Waals surface area contributed by atoms with E-state index in [1.54, 1.807) is 37.2 Å². The van der Waals surface area contributed by atoms with Crippen LogP contribution in [-0.4, -0.2) is 38.9 Å². The largest absolute Gasteiger partial charge is 0.508 e. The molecule has 2 aromatic heterocycles. The number of ether oxygens (including phenoxy) is 4. The molecule has 1 N–H and O–H groups in total. The lowest BCUT2D eigenvalue weighted by molar-refractivity contribution is 0.294. The van der Waals surface area contributed by atoms with Crippen molar-refractivity contribution in [3.63, 3.8) is 0 Å². The number of aryl methyl sites for hydroxylation is 1. The Labute approximate surface area is 212 Å². The molecule has 1 atom stereocenters. The van der Waals surface area contributed by atoms with Gasteiger partial charge in [0.1, 0.15) is 30.2 Å². The van der Waals surface area contributed by atoms with Gasteiger partial charge in [0.2, 0.25) is 5.88 Å². The lowest BCUT2D eigenvalue weighted by atomic mass is 9.83. The van der Waals surface area contributed by atoms with Gasteiger partial charge in [0.15, 0.2) is 23.0 Å². The summed E-state index contributed by atoms with van der Waals surface area (Å²) >= 11 is 0. The van der Waals surface area contributed by atoms with Crippen molar-refractivity contribution in [3.05, 3.63) is 95.1 Å². The van der Waals surface area contributed by atoms with Crippen molar-refractivity contribution < 1.29 is 24.1 Å². The van der Waals surface area contributed by atoms with Crippen LogP contribution in [0.5, 0.6) is 34.6 Å². The van der Waals surface area contributed by atoms with Crippen molar-refractivity contribution >= 4 is 5.65 Å². The molecule has 1 aliphatic heterocycles. The lowest BCUT2D eigenvalue weighted by Gasteiger charge is -2.28. The molecule has 6 rings (SSSR count). The number of para-hydroxylation sites is 1. The predicted molar refractivity (Wildman–Crippen MR) is 135 cm³/mol. The zero-order valence-corrected chi connectivity index (χ0v) is 20.5. The highest BCUT2D eigenvalue weighted by Gasteiger charge is 2.34. The van der Waals surface area contributed by atoms with Crippen LogP contribution in [0.25, 0.3) is 5.65 Å². The summed E-state index contributed by atoms with van der Waals surface area (Å²) < 4.78 is 24.8. The minimum Gasteiger partial charge on any atom is -0.508 e. The number of phenolic OH excluding ortho intramolecular Hbond substituents is 1. The molecule has 9 heteroatoms. The van der Waals surface area contributed by atoms with Crippen LogP contribution < -0.4 is 18.9 Å². The molecule has 1 aliphatic rings. The lowest BCUT2D eigenvalue weighted by Crippen LogP contribution is -2.15. The Morgan fingerprint density at radius 3 is 2.62 bits per heavy atom. The average Bonchev–Trinajstić information content (AvgIpc) is 3.34. The topological polar surface area (TPSA) is 100 Å². The van der Waals surface area contributed by atoms with Crippen LogP contribution in [0.15, 0.2) is 67.0 Å². The number of rotatable bonds is 6. The molecule has 0 bridgehead atoms. The number of nitrogens with zero attached hydrogens (tertiary/aromatic N) is 4. The third-order valence-corrected chi connectivity index (χ3v) is 6.43. The maximum absolute atomic E-state index is 10.1. The van der Waals surface area contributed by atoms with Crippen LogP contribution in [-0.2, 0) is 6.61 Å². The van der Waals surface area contributed by atoms with Crippen LogP contribution in [0.4, 0.5) is 0 Å². The average molecular weight is 497 g/mol. The first-order valence-electron chi connectivity index (χ1n) is 11.7. The van der Waals surface area contributed by atoms with Gasteiger partial charge < -0.3 is 24.1 Å². The Morgan fingerprint density at radius 1 is 0.973 bits per heavy atom. The summed E-state index contributed by atoms with van der Waals surface area (Å²) in [4.78, 5) is 9.35. The summed E-state index contributed by atoms with van der Waals surface area (Å²) in [7, 11) is 3.20. The Hall–Kier alpha value is -4.79. The van der Waals surface area contributed by atoms with E-state index in [1.807, 2.05) is 55.5 Å². The summed E-state index contributed by atoms with van der Waals surface area (Å²) in [5, 5.41) is 14.7. The molecule has 0 radical (unpaired) electrons. The summed E-state index contributed by atoms with van der Waals surface area (Å²) in [6.45, 7) is 2.20. The van der Waals surface area contributed by atoms with Crippen LogP contribution in [0.2, 0.25) is 0 Å². The third-order valence-electron chi connectivity index (χ3n) is 6.43. The molecule has 0 fully saturated rings. The van der Waals surface area contributed by atoms with E-state index in [9.17, 15) is 5.11 Å². The summed E-state index contributed by atoms with van der Waals surface area (Å²) in [6.07, 6.45) is 1.57. The van der Waals surface area contributed by atoms with Crippen molar-refractivity contribution in [2.24, 2.45) is 0 Å². The molecule has 3 aromatic carbocycles. The van der Waals surface area contributed by atoms with Crippen molar-refractivity contribution in [3.8, 4) is 34.6 Å². The monoisotopic (exact) mass is 496 g/mol. The number of methoxy groups -OCH3 is 2. The number of hydrogen-bond acceptors (Lipinski definition) is 8. The second-order valence-corrected chi connectivity index (χ2v) is 8.69. The first kappa shape index (κ1) is 22.7. The number of aromatic hydroxyl groups is 1. The number of fused-ring (bicyclic) bond motifs is 4. The van der Waals surface area contributed by atoms with Crippen molar-refractivity contribution in [1.82, 2.24) is 19.6 Å². The fourth-order valence-electron chi connectivity index (χ4n) is 4.65. The molecule has 9 nitrogen and oxygen atoms in total. The molecular weight excluding hydrogens is 472 g/mol. The number of aromatic nitrogens is 4. The minimum atomic E-state index is -0.315. The first-order chi connectivity index (χ1) is 18.1. The van der Waals surface area contributed by atoms with Gasteiger partial charge in [-0.25, -0.2) is 14.5 Å². The van der Waals surface area contributed by atoms with E-state index in [-0.39, 0.29) is 18.3 Å². The van der Waals surface area contributed by atoms with Gasteiger partial charge in [-0.1, -0.05) is 30.3 Å².